The smallest absolute Gasteiger partial charge is 0.261 e. The minimum atomic E-state index is -0.494. The summed E-state index contributed by atoms with van der Waals surface area (Å²) in [6, 6.07) is 5.70. The van der Waals surface area contributed by atoms with Crippen molar-refractivity contribution in [3.8, 4) is 11.3 Å². The van der Waals surface area contributed by atoms with Gasteiger partial charge in [0.15, 0.2) is 5.13 Å². The van der Waals surface area contributed by atoms with Gasteiger partial charge in [0.25, 0.3) is 5.91 Å². The molecule has 0 unspecified atom stereocenters. The van der Waals surface area contributed by atoms with Crippen LogP contribution in [-0.2, 0) is 11.2 Å². The fraction of sp³-hybridized carbons (Fsp3) is 0.0667. The largest absolute Gasteiger partial charge is 0.369 e. The Kier molecular flexibility index (Phi) is 4.34. The molecular weight excluding hydrogens is 333 g/mol. The lowest BCUT2D eigenvalue weighted by Crippen LogP contribution is -2.14. The summed E-state index contributed by atoms with van der Waals surface area (Å²) in [6.07, 6.45) is 1.39. The summed E-state index contributed by atoms with van der Waals surface area (Å²) in [5, 5.41) is 11.2. The Morgan fingerprint density at radius 3 is 2.75 bits per heavy atom. The molecule has 2 aromatic heterocycles. The molecule has 1 aromatic carbocycles. The van der Waals surface area contributed by atoms with Crippen LogP contribution < -0.4 is 11.1 Å². The molecule has 0 radical (unpaired) electrons. The van der Waals surface area contributed by atoms with E-state index in [4.69, 9.17) is 5.73 Å². The summed E-state index contributed by atoms with van der Waals surface area (Å²) in [4.78, 5) is 27.4. The minimum Gasteiger partial charge on any atom is -0.369 e. The number of nitrogens with two attached hydrogens (primary N) is 1. The van der Waals surface area contributed by atoms with Gasteiger partial charge in [-0.15, -0.1) is 11.3 Å². The maximum absolute atomic E-state index is 13.0. The van der Waals surface area contributed by atoms with Crippen LogP contribution >= 0.6 is 11.3 Å². The summed E-state index contributed by atoms with van der Waals surface area (Å²) in [6.45, 7) is 0. The van der Waals surface area contributed by atoms with Crippen molar-refractivity contribution in [3.05, 3.63) is 52.9 Å². The van der Waals surface area contributed by atoms with Crippen LogP contribution in [0.15, 0.2) is 35.8 Å². The molecule has 0 fully saturated rings. The first-order valence-electron chi connectivity index (χ1n) is 6.86. The quantitative estimate of drug-likeness (QED) is 0.656. The number of H-pyrrole nitrogens is 1. The fourth-order valence-electron chi connectivity index (χ4n) is 2.08. The molecule has 0 aliphatic carbocycles. The average Bonchev–Trinajstić information content (AvgIpc) is 3.17. The Morgan fingerprint density at radius 1 is 1.29 bits per heavy atom. The Labute approximate surface area is 139 Å². The van der Waals surface area contributed by atoms with Gasteiger partial charge in [-0.25, -0.2) is 9.37 Å². The maximum atomic E-state index is 13.0. The predicted octanol–water partition coefficient (Wildman–Crippen LogP) is 1.95. The van der Waals surface area contributed by atoms with Gasteiger partial charge in [0.2, 0.25) is 5.91 Å². The topological polar surface area (TPSA) is 114 Å². The van der Waals surface area contributed by atoms with Crippen LogP contribution in [0.5, 0.6) is 0 Å². The number of aromatic amines is 1. The van der Waals surface area contributed by atoms with Gasteiger partial charge in [-0.1, -0.05) is 0 Å². The zero-order chi connectivity index (χ0) is 17.1. The molecule has 0 atom stereocenters. The lowest BCUT2D eigenvalue weighted by molar-refractivity contribution is -0.117. The van der Waals surface area contributed by atoms with Gasteiger partial charge in [-0.05, 0) is 24.3 Å². The highest BCUT2D eigenvalue weighted by atomic mass is 32.1. The van der Waals surface area contributed by atoms with Gasteiger partial charge in [-0.2, -0.15) is 5.10 Å². The van der Waals surface area contributed by atoms with Gasteiger partial charge in [0.05, 0.1) is 29.6 Å². The first kappa shape index (κ1) is 15.8. The van der Waals surface area contributed by atoms with E-state index < -0.39 is 11.8 Å². The third kappa shape index (κ3) is 3.46. The van der Waals surface area contributed by atoms with E-state index in [0.717, 1.165) is 0 Å². The van der Waals surface area contributed by atoms with Crippen molar-refractivity contribution in [2.75, 3.05) is 5.32 Å². The molecule has 0 spiro atoms. The van der Waals surface area contributed by atoms with Crippen molar-refractivity contribution >= 4 is 28.3 Å². The monoisotopic (exact) mass is 345 g/mol. The van der Waals surface area contributed by atoms with Gasteiger partial charge >= 0.3 is 0 Å². The second-order valence-electron chi connectivity index (χ2n) is 4.91. The molecule has 24 heavy (non-hydrogen) atoms. The van der Waals surface area contributed by atoms with Crippen LogP contribution in [0.25, 0.3) is 11.3 Å². The number of thiazole rings is 1. The second kappa shape index (κ2) is 6.59. The van der Waals surface area contributed by atoms with Crippen molar-refractivity contribution in [2.45, 2.75) is 6.42 Å². The number of primary amides is 1. The summed E-state index contributed by atoms with van der Waals surface area (Å²) < 4.78 is 13.0. The highest BCUT2D eigenvalue weighted by Gasteiger charge is 2.17. The first-order chi connectivity index (χ1) is 11.5. The number of nitrogens with zero attached hydrogens (tertiary/aromatic N) is 2. The normalized spacial score (nSPS) is 10.5. The van der Waals surface area contributed by atoms with Crippen molar-refractivity contribution < 1.29 is 14.0 Å². The molecule has 2 amide bonds. The Bertz CT molecular complexity index is 887. The zero-order valence-corrected chi connectivity index (χ0v) is 13.1. The number of aromatic nitrogens is 3. The number of rotatable bonds is 5. The Balaban J connectivity index is 1.79. The third-order valence-corrected chi connectivity index (χ3v) is 3.95. The molecular formula is C15H12FN5O2S. The molecule has 3 rings (SSSR count). The number of hydrogen-bond donors (Lipinski definition) is 3. The number of carbonyl (C=O) groups excluding carboxylic acids is 2. The first-order valence-corrected chi connectivity index (χ1v) is 7.74. The highest BCUT2D eigenvalue weighted by molar-refractivity contribution is 7.14. The second-order valence-corrected chi connectivity index (χ2v) is 5.76. The van der Waals surface area contributed by atoms with Gasteiger partial charge < -0.3 is 5.73 Å². The van der Waals surface area contributed by atoms with Crippen molar-refractivity contribution in [1.29, 1.82) is 0 Å². The van der Waals surface area contributed by atoms with Gasteiger partial charge in [0, 0.05) is 10.9 Å². The van der Waals surface area contributed by atoms with Crippen LogP contribution in [0.2, 0.25) is 0 Å². The van der Waals surface area contributed by atoms with E-state index in [-0.39, 0.29) is 12.2 Å². The summed E-state index contributed by atoms with van der Waals surface area (Å²) in [7, 11) is 0. The third-order valence-electron chi connectivity index (χ3n) is 3.14. The number of nitrogens with one attached hydrogen (secondary N) is 2. The number of amides is 2. The zero-order valence-electron chi connectivity index (χ0n) is 12.2. The van der Waals surface area contributed by atoms with E-state index in [9.17, 15) is 14.0 Å². The van der Waals surface area contributed by atoms with Gasteiger partial charge in [-0.3, -0.25) is 20.0 Å². The molecule has 122 valence electrons. The summed E-state index contributed by atoms with van der Waals surface area (Å²) in [5.41, 5.74) is 7.01. The molecule has 4 N–H and O–H groups in total. The molecule has 0 saturated heterocycles. The number of anilines is 1. The number of carbonyl (C=O) groups is 2. The number of benzene rings is 1. The fourth-order valence-corrected chi connectivity index (χ4v) is 2.79. The Morgan fingerprint density at radius 2 is 2.04 bits per heavy atom. The van der Waals surface area contributed by atoms with E-state index in [2.05, 4.69) is 20.5 Å². The van der Waals surface area contributed by atoms with E-state index in [1.807, 2.05) is 0 Å². The van der Waals surface area contributed by atoms with Crippen LogP contribution in [0.3, 0.4) is 0 Å². The minimum absolute atomic E-state index is 0.0128. The van der Waals surface area contributed by atoms with Crippen molar-refractivity contribution in [1.82, 2.24) is 15.2 Å². The molecule has 0 aliphatic heterocycles. The highest BCUT2D eigenvalue weighted by Crippen LogP contribution is 2.23. The Hall–Kier alpha value is -3.07. The number of hydrogen-bond acceptors (Lipinski definition) is 5. The standard InChI is InChI=1S/C15H12FN5O2S/c16-9-3-1-8(2-4-9)13-11(6-18-21-13)14(23)20-15-19-10(7-24-15)5-12(17)22/h1-4,6-7H,5H2,(H2,17,22)(H,18,21)(H,19,20,23). The SMILES string of the molecule is NC(=O)Cc1csc(NC(=O)c2cn[nH]c2-c2ccc(F)cc2)n1. The maximum Gasteiger partial charge on any atom is 0.261 e. The number of halogens is 1. The molecule has 3 aromatic rings. The predicted molar refractivity (Wildman–Crippen MR) is 86.9 cm³/mol. The van der Waals surface area contributed by atoms with Crippen LogP contribution in [0.1, 0.15) is 16.1 Å². The molecule has 2 heterocycles. The van der Waals surface area contributed by atoms with Crippen LogP contribution in [0, 0.1) is 5.82 Å². The van der Waals surface area contributed by atoms with Crippen molar-refractivity contribution in [3.63, 3.8) is 0 Å². The lowest BCUT2D eigenvalue weighted by Gasteiger charge is -2.03. The summed E-state index contributed by atoms with van der Waals surface area (Å²) >= 11 is 1.19. The molecule has 0 saturated carbocycles. The van der Waals surface area contributed by atoms with E-state index in [1.54, 1.807) is 17.5 Å². The lowest BCUT2D eigenvalue weighted by atomic mass is 10.1. The van der Waals surface area contributed by atoms with E-state index in [0.29, 0.717) is 27.6 Å². The molecule has 7 nitrogen and oxygen atoms in total. The molecule has 9 heteroatoms. The average molecular weight is 345 g/mol. The molecule has 0 aliphatic rings. The van der Waals surface area contributed by atoms with Crippen molar-refractivity contribution in [2.24, 2.45) is 5.73 Å². The van der Waals surface area contributed by atoms with Gasteiger partial charge in [0.1, 0.15) is 5.82 Å². The summed E-state index contributed by atoms with van der Waals surface area (Å²) in [5.74, 6) is -1.27. The molecule has 0 bridgehead atoms. The van der Waals surface area contributed by atoms with E-state index >= 15 is 0 Å². The van der Waals surface area contributed by atoms with Crippen LogP contribution in [0.4, 0.5) is 9.52 Å². The van der Waals surface area contributed by atoms with Crippen LogP contribution in [-0.4, -0.2) is 27.0 Å². The van der Waals surface area contributed by atoms with E-state index in [1.165, 1.54) is 29.7 Å².